The van der Waals surface area contributed by atoms with E-state index in [1.165, 1.54) is 33.1 Å². The van der Waals surface area contributed by atoms with Gasteiger partial charge in [-0.2, -0.15) is 0 Å². The first-order valence-corrected chi connectivity index (χ1v) is 8.05. The SMILES string of the molecule is Cn1nnnc1SCC1=C(C(=O)O)N2C(=O)[C@@H](N)[C@H]2SC1. The number of aryl methyl sites for hydroxylation is 1. The molecule has 1 amide bonds. The molecule has 3 heterocycles. The van der Waals surface area contributed by atoms with Crippen molar-refractivity contribution in [2.75, 3.05) is 11.5 Å². The summed E-state index contributed by atoms with van der Waals surface area (Å²) in [6.07, 6.45) is 0. The second kappa shape index (κ2) is 5.31. The van der Waals surface area contributed by atoms with Crippen LogP contribution >= 0.6 is 23.5 Å². The number of aromatic nitrogens is 4. The van der Waals surface area contributed by atoms with Crippen molar-refractivity contribution in [2.24, 2.45) is 12.8 Å². The standard InChI is InChI=1S/C10H12N6O3S2/c1-15-10(12-13-14-15)21-3-4-2-20-8-5(11)7(17)16(8)6(4)9(18)19/h5,8H,2-3,11H2,1H3,(H,18,19)/t5-,8-/m1/s1. The molecule has 2 aliphatic rings. The molecule has 112 valence electrons. The van der Waals surface area contributed by atoms with Crippen LogP contribution in [0.3, 0.4) is 0 Å². The number of hydrogen-bond donors (Lipinski definition) is 2. The van der Waals surface area contributed by atoms with E-state index in [9.17, 15) is 14.7 Å². The Balaban J connectivity index is 1.83. The van der Waals surface area contributed by atoms with Gasteiger partial charge in [0.1, 0.15) is 17.1 Å². The average molecular weight is 328 g/mol. The number of nitrogens with two attached hydrogens (primary N) is 1. The normalized spacial score (nSPS) is 24.9. The molecule has 21 heavy (non-hydrogen) atoms. The molecule has 11 heteroatoms. The van der Waals surface area contributed by atoms with E-state index < -0.39 is 12.0 Å². The van der Waals surface area contributed by atoms with Crippen LogP contribution in [-0.2, 0) is 16.6 Å². The number of carboxylic acid groups (broad SMARTS) is 1. The molecule has 2 atom stereocenters. The van der Waals surface area contributed by atoms with Gasteiger partial charge >= 0.3 is 5.97 Å². The van der Waals surface area contributed by atoms with Crippen LogP contribution in [0.15, 0.2) is 16.4 Å². The second-order valence-corrected chi connectivity index (χ2v) is 6.61. The maximum Gasteiger partial charge on any atom is 0.352 e. The van der Waals surface area contributed by atoms with Gasteiger partial charge in [-0.15, -0.1) is 16.9 Å². The van der Waals surface area contributed by atoms with E-state index in [0.29, 0.717) is 22.2 Å². The van der Waals surface area contributed by atoms with Crippen molar-refractivity contribution >= 4 is 35.4 Å². The number of carbonyl (C=O) groups excluding carboxylic acids is 1. The van der Waals surface area contributed by atoms with Gasteiger partial charge in [-0.05, 0) is 16.0 Å². The van der Waals surface area contributed by atoms with Gasteiger partial charge in [0, 0.05) is 18.6 Å². The van der Waals surface area contributed by atoms with Crippen LogP contribution in [0.1, 0.15) is 0 Å². The molecule has 0 unspecified atom stereocenters. The zero-order valence-corrected chi connectivity index (χ0v) is 12.6. The maximum atomic E-state index is 11.8. The Bertz CT molecular complexity index is 644. The van der Waals surface area contributed by atoms with Crippen LogP contribution in [-0.4, -0.2) is 65.0 Å². The quantitative estimate of drug-likeness (QED) is 0.522. The predicted molar refractivity (Wildman–Crippen MR) is 75.3 cm³/mol. The van der Waals surface area contributed by atoms with Crippen LogP contribution in [0, 0.1) is 0 Å². The Morgan fingerprint density at radius 3 is 3.00 bits per heavy atom. The van der Waals surface area contributed by atoms with Gasteiger partial charge in [0.25, 0.3) is 0 Å². The fourth-order valence-electron chi connectivity index (χ4n) is 2.19. The Morgan fingerprint density at radius 2 is 2.38 bits per heavy atom. The third-order valence-corrected chi connectivity index (χ3v) is 5.71. The van der Waals surface area contributed by atoms with Crippen molar-refractivity contribution in [3.8, 4) is 0 Å². The molecule has 0 bridgehead atoms. The summed E-state index contributed by atoms with van der Waals surface area (Å²) in [4.78, 5) is 24.6. The summed E-state index contributed by atoms with van der Waals surface area (Å²) >= 11 is 2.82. The minimum absolute atomic E-state index is 0.0491. The first kappa shape index (κ1) is 14.4. The number of carboxylic acids is 1. The van der Waals surface area contributed by atoms with Crippen LogP contribution in [0.25, 0.3) is 0 Å². The lowest BCUT2D eigenvalue weighted by Crippen LogP contribution is -2.68. The minimum Gasteiger partial charge on any atom is -0.477 e. The first-order valence-electron chi connectivity index (χ1n) is 6.01. The molecule has 1 saturated heterocycles. The number of β-lactam (4-membered cyclic amide) rings is 1. The van der Waals surface area contributed by atoms with E-state index >= 15 is 0 Å². The van der Waals surface area contributed by atoms with Gasteiger partial charge in [-0.3, -0.25) is 9.69 Å². The molecule has 0 saturated carbocycles. The summed E-state index contributed by atoms with van der Waals surface area (Å²) in [5, 5.41) is 20.8. The first-order chi connectivity index (χ1) is 10.0. The average Bonchev–Trinajstić information content (AvgIpc) is 2.88. The second-order valence-electron chi connectivity index (χ2n) is 4.57. The lowest BCUT2D eigenvalue weighted by Gasteiger charge is -2.48. The molecule has 0 radical (unpaired) electrons. The number of tetrazole rings is 1. The summed E-state index contributed by atoms with van der Waals surface area (Å²) in [5.74, 6) is -0.504. The Kier molecular flexibility index (Phi) is 3.63. The van der Waals surface area contributed by atoms with Crippen molar-refractivity contribution in [1.29, 1.82) is 0 Å². The predicted octanol–water partition coefficient (Wildman–Crippen LogP) is -1.12. The van der Waals surface area contributed by atoms with Crippen LogP contribution in [0.4, 0.5) is 0 Å². The highest BCUT2D eigenvalue weighted by Crippen LogP contribution is 2.40. The summed E-state index contributed by atoms with van der Waals surface area (Å²) in [5.41, 5.74) is 6.42. The summed E-state index contributed by atoms with van der Waals surface area (Å²) in [7, 11) is 1.71. The topological polar surface area (TPSA) is 127 Å². The maximum absolute atomic E-state index is 11.8. The van der Waals surface area contributed by atoms with E-state index in [1.807, 2.05) is 0 Å². The van der Waals surface area contributed by atoms with Crippen LogP contribution in [0.2, 0.25) is 0 Å². The molecule has 1 aromatic rings. The Morgan fingerprint density at radius 1 is 1.62 bits per heavy atom. The summed E-state index contributed by atoms with van der Waals surface area (Å²) in [6.45, 7) is 0. The van der Waals surface area contributed by atoms with E-state index in [1.54, 1.807) is 7.05 Å². The Hall–Kier alpha value is -1.59. The van der Waals surface area contributed by atoms with Gasteiger partial charge in [0.05, 0.1) is 0 Å². The Labute approximate surface area is 127 Å². The highest BCUT2D eigenvalue weighted by atomic mass is 32.2. The van der Waals surface area contributed by atoms with Crippen molar-refractivity contribution in [2.45, 2.75) is 16.6 Å². The van der Waals surface area contributed by atoms with Crippen LogP contribution in [0.5, 0.6) is 0 Å². The van der Waals surface area contributed by atoms with E-state index in [-0.39, 0.29) is 17.0 Å². The third-order valence-electron chi connectivity index (χ3n) is 3.25. The van der Waals surface area contributed by atoms with Gasteiger partial charge in [0.15, 0.2) is 0 Å². The number of thioether (sulfide) groups is 2. The monoisotopic (exact) mass is 328 g/mol. The van der Waals surface area contributed by atoms with Gasteiger partial charge in [0.2, 0.25) is 11.1 Å². The molecule has 9 nitrogen and oxygen atoms in total. The van der Waals surface area contributed by atoms with Gasteiger partial charge in [-0.25, -0.2) is 9.48 Å². The largest absolute Gasteiger partial charge is 0.477 e. The highest BCUT2D eigenvalue weighted by molar-refractivity contribution is 8.01. The molecule has 3 N–H and O–H groups in total. The fourth-order valence-corrected chi connectivity index (χ4v) is 4.47. The van der Waals surface area contributed by atoms with Crippen LogP contribution < -0.4 is 5.73 Å². The number of hydrogen-bond acceptors (Lipinski definition) is 8. The van der Waals surface area contributed by atoms with Crippen molar-refractivity contribution < 1.29 is 14.7 Å². The third kappa shape index (κ3) is 2.30. The smallest absolute Gasteiger partial charge is 0.352 e. The lowest BCUT2D eigenvalue weighted by molar-refractivity contribution is -0.147. The molecule has 2 aliphatic heterocycles. The minimum atomic E-state index is -1.10. The van der Waals surface area contributed by atoms with Crippen molar-refractivity contribution in [3.63, 3.8) is 0 Å². The van der Waals surface area contributed by atoms with Gasteiger partial charge < -0.3 is 10.8 Å². The van der Waals surface area contributed by atoms with E-state index in [2.05, 4.69) is 15.5 Å². The number of fused-ring (bicyclic) bond motifs is 1. The van der Waals surface area contributed by atoms with E-state index in [4.69, 9.17) is 5.73 Å². The number of nitrogens with zero attached hydrogens (tertiary/aromatic N) is 5. The van der Waals surface area contributed by atoms with Gasteiger partial charge in [-0.1, -0.05) is 11.8 Å². The number of rotatable bonds is 4. The lowest BCUT2D eigenvalue weighted by atomic mass is 10.0. The molecule has 0 aromatic carbocycles. The molecule has 0 aliphatic carbocycles. The molecule has 1 fully saturated rings. The molecule has 0 spiro atoms. The summed E-state index contributed by atoms with van der Waals surface area (Å²) in [6, 6.07) is -0.610. The molecular weight excluding hydrogens is 316 g/mol. The molecule has 3 rings (SSSR count). The summed E-state index contributed by atoms with van der Waals surface area (Å²) < 4.78 is 1.51. The van der Waals surface area contributed by atoms with E-state index in [0.717, 1.165) is 0 Å². The zero-order valence-electron chi connectivity index (χ0n) is 11.0. The number of carbonyl (C=O) groups is 2. The molecule has 1 aromatic heterocycles. The molecular formula is C10H12N6O3S2. The van der Waals surface area contributed by atoms with Crippen molar-refractivity contribution in [1.82, 2.24) is 25.1 Å². The number of amides is 1. The number of aliphatic carboxylic acids is 1. The van der Waals surface area contributed by atoms with Crippen molar-refractivity contribution in [3.05, 3.63) is 11.3 Å². The zero-order chi connectivity index (χ0) is 15.1. The fraction of sp³-hybridized carbons (Fsp3) is 0.500. The highest BCUT2D eigenvalue weighted by Gasteiger charge is 2.51.